The number of hydrogen-bond acceptors (Lipinski definition) is 6. The van der Waals surface area contributed by atoms with E-state index < -0.39 is 17.9 Å². The topological polar surface area (TPSA) is 71.1 Å². The molecule has 1 aliphatic rings. The highest BCUT2D eigenvalue weighted by atomic mass is 16.7. The van der Waals surface area contributed by atoms with Gasteiger partial charge in [-0.25, -0.2) is 4.79 Å². The third-order valence-electron chi connectivity index (χ3n) is 3.54. The molecule has 0 amide bonds. The summed E-state index contributed by atoms with van der Waals surface area (Å²) in [4.78, 5) is 24.2. The summed E-state index contributed by atoms with van der Waals surface area (Å²) in [6, 6.07) is 9.17. The summed E-state index contributed by atoms with van der Waals surface area (Å²) in [5.41, 5.74) is 0.804. The minimum absolute atomic E-state index is 0.0769. The number of carbonyl (C=O) groups is 2. The Morgan fingerprint density at radius 1 is 1.18 bits per heavy atom. The number of Topliss-reactive ketones (excluding diaryl/α,β-unsaturated/α-hetero) is 1. The van der Waals surface area contributed by atoms with Gasteiger partial charge in [-0.1, -0.05) is 30.3 Å². The molecule has 0 radical (unpaired) electrons. The van der Waals surface area contributed by atoms with Crippen molar-refractivity contribution in [1.82, 2.24) is 0 Å². The first kappa shape index (κ1) is 16.2. The van der Waals surface area contributed by atoms with E-state index in [1.807, 2.05) is 30.3 Å². The fourth-order valence-electron chi connectivity index (χ4n) is 2.41. The molecular weight excluding hydrogens is 288 g/mol. The van der Waals surface area contributed by atoms with Crippen LogP contribution in [0.5, 0.6) is 0 Å². The molecule has 6 heteroatoms. The maximum Gasteiger partial charge on any atom is 0.335 e. The second-order valence-electron chi connectivity index (χ2n) is 4.73. The Kier molecular flexibility index (Phi) is 4.95. The number of esters is 1. The van der Waals surface area contributed by atoms with Crippen LogP contribution >= 0.6 is 0 Å². The van der Waals surface area contributed by atoms with E-state index in [-0.39, 0.29) is 18.0 Å². The van der Waals surface area contributed by atoms with Crippen LogP contribution in [0.2, 0.25) is 0 Å². The average molecular weight is 306 g/mol. The van der Waals surface area contributed by atoms with E-state index in [1.165, 1.54) is 27.4 Å². The number of methoxy groups -OCH3 is 3. The number of ketones is 1. The van der Waals surface area contributed by atoms with Crippen LogP contribution in [0.3, 0.4) is 0 Å². The van der Waals surface area contributed by atoms with E-state index in [0.29, 0.717) is 0 Å². The first-order chi connectivity index (χ1) is 10.6. The second-order valence-corrected chi connectivity index (χ2v) is 4.73. The van der Waals surface area contributed by atoms with Crippen LogP contribution in [0.4, 0.5) is 0 Å². The fraction of sp³-hybridized carbons (Fsp3) is 0.375. The van der Waals surface area contributed by atoms with Crippen molar-refractivity contribution >= 4 is 11.8 Å². The van der Waals surface area contributed by atoms with Crippen molar-refractivity contribution in [1.29, 1.82) is 0 Å². The van der Waals surface area contributed by atoms with E-state index >= 15 is 0 Å². The normalized spacial score (nSPS) is 17.9. The predicted octanol–water partition coefficient (Wildman–Crippen LogP) is 1.24. The zero-order valence-corrected chi connectivity index (χ0v) is 12.7. The van der Waals surface area contributed by atoms with Crippen molar-refractivity contribution in [3.8, 4) is 0 Å². The molecule has 1 aromatic rings. The summed E-state index contributed by atoms with van der Waals surface area (Å²) in [5, 5.41) is 0. The van der Waals surface area contributed by atoms with Crippen molar-refractivity contribution < 1.29 is 28.5 Å². The van der Waals surface area contributed by atoms with Gasteiger partial charge in [-0.2, -0.15) is 0 Å². The number of carbonyl (C=O) groups excluding carboxylic acids is 2. The lowest BCUT2D eigenvalue weighted by Crippen LogP contribution is -2.54. The third-order valence-corrected chi connectivity index (χ3v) is 3.54. The third kappa shape index (κ3) is 2.88. The van der Waals surface area contributed by atoms with Gasteiger partial charge in [0.05, 0.1) is 13.2 Å². The van der Waals surface area contributed by atoms with Gasteiger partial charge in [0.1, 0.15) is 5.76 Å². The lowest BCUT2D eigenvalue weighted by atomic mass is 9.97. The summed E-state index contributed by atoms with van der Waals surface area (Å²) in [6.07, 6.45) is 0.178. The maximum absolute atomic E-state index is 12.7. The van der Waals surface area contributed by atoms with Gasteiger partial charge in [0.2, 0.25) is 11.9 Å². The van der Waals surface area contributed by atoms with Crippen molar-refractivity contribution in [2.75, 3.05) is 21.3 Å². The molecule has 0 N–H and O–H groups in total. The molecule has 1 atom stereocenters. The van der Waals surface area contributed by atoms with Crippen molar-refractivity contribution in [3.05, 3.63) is 47.7 Å². The molecule has 1 aromatic carbocycles. The van der Waals surface area contributed by atoms with Crippen LogP contribution in [0.15, 0.2) is 42.2 Å². The van der Waals surface area contributed by atoms with Crippen molar-refractivity contribution in [2.24, 2.45) is 0 Å². The molecule has 0 aromatic heterocycles. The lowest BCUT2D eigenvalue weighted by molar-refractivity contribution is -0.244. The van der Waals surface area contributed by atoms with Gasteiger partial charge in [-0.15, -0.1) is 0 Å². The largest absolute Gasteiger partial charge is 0.497 e. The van der Waals surface area contributed by atoms with Crippen LogP contribution in [0, 0.1) is 0 Å². The molecule has 0 fully saturated rings. The van der Waals surface area contributed by atoms with Gasteiger partial charge in [0.15, 0.2) is 0 Å². The zero-order chi connectivity index (χ0) is 16.2. The number of rotatable bonds is 7. The summed E-state index contributed by atoms with van der Waals surface area (Å²) in [5.74, 6) is -2.53. The summed E-state index contributed by atoms with van der Waals surface area (Å²) in [6.45, 7) is 0. The summed E-state index contributed by atoms with van der Waals surface area (Å²) < 4.78 is 20.9. The van der Waals surface area contributed by atoms with Crippen LogP contribution in [-0.2, 0) is 35.0 Å². The highest BCUT2D eigenvalue weighted by molar-refractivity contribution is 5.92. The molecule has 0 saturated carbocycles. The van der Waals surface area contributed by atoms with E-state index in [2.05, 4.69) is 0 Å². The molecule has 1 heterocycles. The molecule has 1 unspecified atom stereocenters. The number of hydrogen-bond donors (Lipinski definition) is 0. The van der Waals surface area contributed by atoms with Crippen LogP contribution in [0.25, 0.3) is 0 Å². The van der Waals surface area contributed by atoms with Gasteiger partial charge in [0.25, 0.3) is 5.79 Å². The molecule has 2 rings (SSSR count). The minimum atomic E-state index is -1.75. The Morgan fingerprint density at radius 3 is 2.36 bits per heavy atom. The monoisotopic (exact) mass is 306 g/mol. The molecular formula is C16H18O6. The Bertz CT molecular complexity index is 574. The Morgan fingerprint density at radius 2 is 1.82 bits per heavy atom. The maximum atomic E-state index is 12.7. The number of cyclic esters (lactones) is 1. The molecule has 0 bridgehead atoms. The number of benzene rings is 1. The molecule has 0 spiro atoms. The Balaban J connectivity index is 2.30. The second kappa shape index (κ2) is 6.72. The van der Waals surface area contributed by atoms with E-state index in [0.717, 1.165) is 5.56 Å². The molecule has 118 valence electrons. The lowest BCUT2D eigenvalue weighted by Gasteiger charge is -2.34. The van der Waals surface area contributed by atoms with Gasteiger partial charge in [-0.05, 0) is 5.56 Å². The molecule has 1 aliphatic heterocycles. The minimum Gasteiger partial charge on any atom is -0.497 e. The highest BCUT2D eigenvalue weighted by Gasteiger charge is 2.53. The van der Waals surface area contributed by atoms with Crippen LogP contribution < -0.4 is 0 Å². The van der Waals surface area contributed by atoms with Gasteiger partial charge in [-0.3, -0.25) is 4.79 Å². The van der Waals surface area contributed by atoms with E-state index in [1.54, 1.807) is 0 Å². The molecule has 6 nitrogen and oxygen atoms in total. The standard InChI is InChI=1S/C16H18O6/c1-19-12-10-14(18)22-15(12)16(20-2,21-3)13(17)9-11-7-5-4-6-8-11/h4-8,10,15H,9H2,1-3H3. The van der Waals surface area contributed by atoms with Crippen LogP contribution in [0.1, 0.15) is 5.56 Å². The van der Waals surface area contributed by atoms with Crippen molar-refractivity contribution in [3.63, 3.8) is 0 Å². The smallest absolute Gasteiger partial charge is 0.335 e. The van der Waals surface area contributed by atoms with Gasteiger partial charge in [0, 0.05) is 20.6 Å². The SMILES string of the molecule is COC1=CC(=O)OC1C(OC)(OC)C(=O)Cc1ccccc1. The summed E-state index contributed by atoms with van der Waals surface area (Å²) >= 11 is 0. The van der Waals surface area contributed by atoms with Gasteiger partial charge < -0.3 is 18.9 Å². The van der Waals surface area contributed by atoms with Crippen molar-refractivity contribution in [2.45, 2.75) is 18.3 Å². The molecule has 0 aliphatic carbocycles. The predicted molar refractivity (Wildman–Crippen MR) is 76.9 cm³/mol. The fourth-order valence-corrected chi connectivity index (χ4v) is 2.41. The Hall–Kier alpha value is -2.18. The van der Waals surface area contributed by atoms with Crippen LogP contribution in [-0.4, -0.2) is 45.0 Å². The van der Waals surface area contributed by atoms with E-state index in [9.17, 15) is 9.59 Å². The van der Waals surface area contributed by atoms with E-state index in [4.69, 9.17) is 18.9 Å². The highest BCUT2D eigenvalue weighted by Crippen LogP contribution is 2.31. The molecule has 0 saturated heterocycles. The zero-order valence-electron chi connectivity index (χ0n) is 12.7. The first-order valence-electron chi connectivity index (χ1n) is 6.71. The Labute approximate surface area is 128 Å². The average Bonchev–Trinajstić information content (AvgIpc) is 2.91. The first-order valence-corrected chi connectivity index (χ1v) is 6.71. The molecule has 22 heavy (non-hydrogen) atoms. The quantitative estimate of drug-likeness (QED) is 0.557. The summed E-state index contributed by atoms with van der Waals surface area (Å²) in [7, 11) is 4.04. The van der Waals surface area contributed by atoms with Gasteiger partial charge >= 0.3 is 5.97 Å². The number of ether oxygens (including phenoxy) is 4.